The fourth-order valence-corrected chi connectivity index (χ4v) is 4.77. The zero-order chi connectivity index (χ0) is 12.6. The van der Waals surface area contributed by atoms with Crippen LogP contribution < -0.4 is 5.32 Å². The van der Waals surface area contributed by atoms with Gasteiger partial charge in [0.25, 0.3) is 0 Å². The van der Waals surface area contributed by atoms with E-state index >= 15 is 0 Å². The Labute approximate surface area is 112 Å². The fraction of sp³-hybridized carbons (Fsp3) is 1.00. The molecule has 0 bridgehead atoms. The van der Waals surface area contributed by atoms with Gasteiger partial charge in [0.15, 0.2) is 0 Å². The lowest BCUT2D eigenvalue weighted by atomic mass is 9.60. The summed E-state index contributed by atoms with van der Waals surface area (Å²) in [6.07, 6.45) is 11.7. The molecule has 3 saturated carbocycles. The van der Waals surface area contributed by atoms with Crippen molar-refractivity contribution in [2.24, 2.45) is 11.3 Å². The molecule has 104 valence electrons. The topological polar surface area (TPSA) is 21.3 Å². The molecule has 1 spiro atoms. The van der Waals surface area contributed by atoms with Crippen LogP contribution in [0.15, 0.2) is 0 Å². The average molecular weight is 251 g/mol. The van der Waals surface area contributed by atoms with Crippen molar-refractivity contribution in [3.05, 3.63) is 0 Å². The van der Waals surface area contributed by atoms with Gasteiger partial charge in [0.05, 0.1) is 6.10 Å². The summed E-state index contributed by atoms with van der Waals surface area (Å²) < 4.78 is 6.00. The summed E-state index contributed by atoms with van der Waals surface area (Å²) in [5, 5.41) is 4.01. The van der Waals surface area contributed by atoms with Crippen molar-refractivity contribution in [3.8, 4) is 0 Å². The second-order valence-electron chi connectivity index (χ2n) is 6.85. The largest absolute Gasteiger partial charge is 0.378 e. The molecule has 0 radical (unpaired) electrons. The van der Waals surface area contributed by atoms with E-state index in [4.69, 9.17) is 4.74 Å². The van der Waals surface area contributed by atoms with Gasteiger partial charge in [0.1, 0.15) is 0 Å². The Hall–Kier alpha value is -0.0800. The molecule has 0 aromatic heterocycles. The van der Waals surface area contributed by atoms with Crippen molar-refractivity contribution in [2.45, 2.75) is 83.4 Å². The van der Waals surface area contributed by atoms with E-state index in [1.165, 1.54) is 51.4 Å². The summed E-state index contributed by atoms with van der Waals surface area (Å²) in [6.45, 7) is 5.45. The predicted octanol–water partition coefficient (Wildman–Crippen LogP) is 3.50. The summed E-state index contributed by atoms with van der Waals surface area (Å²) in [5.74, 6) is 0.884. The molecule has 0 aliphatic heterocycles. The van der Waals surface area contributed by atoms with Crippen LogP contribution in [0.4, 0.5) is 0 Å². The van der Waals surface area contributed by atoms with Crippen LogP contribution >= 0.6 is 0 Å². The number of rotatable bonds is 4. The van der Waals surface area contributed by atoms with E-state index in [9.17, 15) is 0 Å². The molecule has 0 aromatic carbocycles. The highest BCUT2D eigenvalue weighted by Crippen LogP contribution is 2.55. The maximum Gasteiger partial charge on any atom is 0.0661 e. The SMILES string of the molecule is CCOC1CC(NC2CCCC2C)C12CCCC2. The quantitative estimate of drug-likeness (QED) is 0.825. The Morgan fingerprint density at radius 1 is 1.17 bits per heavy atom. The van der Waals surface area contributed by atoms with Crippen LogP contribution in [0.5, 0.6) is 0 Å². The lowest BCUT2D eigenvalue weighted by molar-refractivity contribution is -0.133. The molecule has 3 aliphatic carbocycles. The summed E-state index contributed by atoms with van der Waals surface area (Å²) >= 11 is 0. The summed E-state index contributed by atoms with van der Waals surface area (Å²) in [6, 6.07) is 1.54. The molecule has 0 saturated heterocycles. The number of hydrogen-bond donors (Lipinski definition) is 1. The second-order valence-corrected chi connectivity index (χ2v) is 6.85. The molecule has 18 heavy (non-hydrogen) atoms. The predicted molar refractivity (Wildman–Crippen MR) is 74.7 cm³/mol. The minimum absolute atomic E-state index is 0.512. The van der Waals surface area contributed by atoms with Gasteiger partial charge in [-0.05, 0) is 44.9 Å². The first-order valence-corrected chi connectivity index (χ1v) is 8.14. The minimum atomic E-state index is 0.512. The van der Waals surface area contributed by atoms with E-state index < -0.39 is 0 Å². The van der Waals surface area contributed by atoms with E-state index in [1.54, 1.807) is 0 Å². The highest BCUT2D eigenvalue weighted by Gasteiger charge is 2.57. The molecule has 3 rings (SSSR count). The Balaban J connectivity index is 1.62. The van der Waals surface area contributed by atoms with Gasteiger partial charge in [-0.25, -0.2) is 0 Å². The molecule has 1 N–H and O–H groups in total. The van der Waals surface area contributed by atoms with Crippen LogP contribution in [-0.2, 0) is 4.74 Å². The maximum absolute atomic E-state index is 6.00. The third kappa shape index (κ3) is 2.02. The first kappa shape index (κ1) is 12.9. The Morgan fingerprint density at radius 3 is 2.56 bits per heavy atom. The molecule has 2 nitrogen and oxygen atoms in total. The van der Waals surface area contributed by atoms with Crippen LogP contribution in [0, 0.1) is 11.3 Å². The van der Waals surface area contributed by atoms with E-state index in [1.807, 2.05) is 0 Å². The van der Waals surface area contributed by atoms with Crippen molar-refractivity contribution in [1.82, 2.24) is 5.32 Å². The molecule has 0 amide bonds. The van der Waals surface area contributed by atoms with E-state index in [0.29, 0.717) is 11.5 Å². The van der Waals surface area contributed by atoms with Gasteiger partial charge < -0.3 is 10.1 Å². The van der Waals surface area contributed by atoms with E-state index in [2.05, 4.69) is 19.2 Å². The Kier molecular flexibility index (Phi) is 3.68. The van der Waals surface area contributed by atoms with Crippen LogP contribution in [0.25, 0.3) is 0 Å². The van der Waals surface area contributed by atoms with Crippen molar-refractivity contribution >= 4 is 0 Å². The number of hydrogen-bond acceptors (Lipinski definition) is 2. The van der Waals surface area contributed by atoms with E-state index in [0.717, 1.165) is 24.6 Å². The zero-order valence-electron chi connectivity index (χ0n) is 12.1. The molecule has 0 heterocycles. The van der Waals surface area contributed by atoms with Gasteiger partial charge in [0.2, 0.25) is 0 Å². The maximum atomic E-state index is 6.00. The molecule has 4 atom stereocenters. The number of ether oxygens (including phenoxy) is 1. The standard InChI is InChI=1S/C16H29NO/c1-3-18-15-11-14(16(15)9-4-5-10-16)17-13-8-6-7-12(13)2/h12-15,17H,3-11H2,1-2H3. The van der Waals surface area contributed by atoms with Gasteiger partial charge in [-0.1, -0.05) is 26.2 Å². The highest BCUT2D eigenvalue weighted by molar-refractivity contribution is 5.11. The summed E-state index contributed by atoms with van der Waals surface area (Å²) in [7, 11) is 0. The zero-order valence-corrected chi connectivity index (χ0v) is 12.1. The molecule has 3 fully saturated rings. The van der Waals surface area contributed by atoms with Crippen LogP contribution in [-0.4, -0.2) is 24.8 Å². The Morgan fingerprint density at radius 2 is 1.94 bits per heavy atom. The van der Waals surface area contributed by atoms with Crippen LogP contribution in [0.3, 0.4) is 0 Å². The molecule has 0 aromatic rings. The molecule has 2 heteroatoms. The first-order valence-electron chi connectivity index (χ1n) is 8.14. The fourth-order valence-electron chi connectivity index (χ4n) is 4.77. The van der Waals surface area contributed by atoms with Gasteiger partial charge >= 0.3 is 0 Å². The molecule has 3 aliphatic rings. The second kappa shape index (κ2) is 5.13. The average Bonchev–Trinajstić information content (AvgIpc) is 2.99. The van der Waals surface area contributed by atoms with Crippen molar-refractivity contribution in [3.63, 3.8) is 0 Å². The van der Waals surface area contributed by atoms with Gasteiger partial charge in [-0.15, -0.1) is 0 Å². The lowest BCUT2D eigenvalue weighted by Crippen LogP contribution is -2.64. The molecular weight excluding hydrogens is 222 g/mol. The Bertz CT molecular complexity index is 285. The third-order valence-electron chi connectivity index (χ3n) is 5.96. The monoisotopic (exact) mass is 251 g/mol. The summed E-state index contributed by atoms with van der Waals surface area (Å²) in [5.41, 5.74) is 0.512. The van der Waals surface area contributed by atoms with Crippen molar-refractivity contribution in [1.29, 1.82) is 0 Å². The van der Waals surface area contributed by atoms with Gasteiger partial charge in [0, 0.05) is 24.1 Å². The van der Waals surface area contributed by atoms with Gasteiger partial charge in [-0.2, -0.15) is 0 Å². The normalized spacial score (nSPS) is 42.3. The van der Waals surface area contributed by atoms with Crippen molar-refractivity contribution in [2.75, 3.05) is 6.61 Å². The van der Waals surface area contributed by atoms with Gasteiger partial charge in [-0.3, -0.25) is 0 Å². The van der Waals surface area contributed by atoms with E-state index in [-0.39, 0.29) is 0 Å². The highest BCUT2D eigenvalue weighted by atomic mass is 16.5. The summed E-state index contributed by atoms with van der Waals surface area (Å²) in [4.78, 5) is 0. The number of nitrogens with one attached hydrogen (secondary N) is 1. The first-order chi connectivity index (χ1) is 8.76. The smallest absolute Gasteiger partial charge is 0.0661 e. The van der Waals surface area contributed by atoms with Crippen LogP contribution in [0.1, 0.15) is 65.2 Å². The lowest BCUT2D eigenvalue weighted by Gasteiger charge is -2.55. The molecule has 4 unspecified atom stereocenters. The minimum Gasteiger partial charge on any atom is -0.378 e. The molecular formula is C16H29NO. The van der Waals surface area contributed by atoms with Crippen LogP contribution in [0.2, 0.25) is 0 Å². The van der Waals surface area contributed by atoms with Crippen molar-refractivity contribution < 1.29 is 4.74 Å². The third-order valence-corrected chi connectivity index (χ3v) is 5.96.